The molecule has 6 heteroatoms. The van der Waals surface area contributed by atoms with Gasteiger partial charge in [0.1, 0.15) is 0 Å². The number of ether oxygens (including phenoxy) is 2. The summed E-state index contributed by atoms with van der Waals surface area (Å²) in [5.74, 6) is -0.141. The van der Waals surface area contributed by atoms with Gasteiger partial charge in [-0.3, -0.25) is 9.78 Å². The van der Waals surface area contributed by atoms with E-state index in [1.54, 1.807) is 23.2 Å². The zero-order valence-electron chi connectivity index (χ0n) is 12.5. The van der Waals surface area contributed by atoms with Crippen LogP contribution in [0.3, 0.4) is 0 Å². The molecule has 1 atom stereocenters. The number of nitrogens with zero attached hydrogens (tertiary/aromatic N) is 2. The molecule has 3 rings (SSSR count). The summed E-state index contributed by atoms with van der Waals surface area (Å²) < 4.78 is 10.9. The van der Waals surface area contributed by atoms with Gasteiger partial charge in [-0.25, -0.2) is 0 Å². The predicted octanol–water partition coefficient (Wildman–Crippen LogP) is 2.68. The third-order valence-electron chi connectivity index (χ3n) is 3.54. The molecular formula is C17H17ClN2O3. The molecule has 0 aliphatic carbocycles. The summed E-state index contributed by atoms with van der Waals surface area (Å²) in [6.45, 7) is 1.58. The van der Waals surface area contributed by atoms with Gasteiger partial charge in [0.2, 0.25) is 0 Å². The number of anilines is 1. The summed E-state index contributed by atoms with van der Waals surface area (Å²) in [4.78, 5) is 18.8. The van der Waals surface area contributed by atoms with E-state index in [0.29, 0.717) is 24.8 Å². The highest BCUT2D eigenvalue weighted by Gasteiger charge is 2.28. The van der Waals surface area contributed by atoms with Crippen molar-refractivity contribution in [3.63, 3.8) is 0 Å². The summed E-state index contributed by atoms with van der Waals surface area (Å²) in [6.07, 6.45) is 1.11. The molecule has 0 N–H and O–H groups in total. The zero-order chi connectivity index (χ0) is 16.1. The number of pyridine rings is 1. The maximum absolute atomic E-state index is 12.8. The number of hydrogen-bond donors (Lipinski definition) is 0. The number of rotatable bonds is 4. The largest absolute Gasteiger partial charge is 0.376 e. The number of aromatic nitrogens is 1. The molecule has 1 aromatic carbocycles. The van der Waals surface area contributed by atoms with Crippen LogP contribution in [0.15, 0.2) is 48.7 Å². The van der Waals surface area contributed by atoms with Crippen LogP contribution < -0.4 is 4.90 Å². The van der Waals surface area contributed by atoms with Crippen LogP contribution in [0.25, 0.3) is 0 Å². The van der Waals surface area contributed by atoms with E-state index in [1.807, 2.05) is 30.3 Å². The van der Waals surface area contributed by atoms with E-state index in [1.165, 1.54) is 0 Å². The number of carbonyl (C=O) groups excluding carboxylic acids is 1. The fourth-order valence-corrected chi connectivity index (χ4v) is 2.50. The lowest BCUT2D eigenvalue weighted by Gasteiger charge is -2.29. The van der Waals surface area contributed by atoms with Crippen molar-refractivity contribution < 1.29 is 14.3 Å². The minimum absolute atomic E-state index is 0.141. The first-order chi connectivity index (χ1) is 11.2. The maximum Gasteiger partial charge on any atom is 0.258 e. The maximum atomic E-state index is 12.8. The Balaban J connectivity index is 1.85. The Kier molecular flexibility index (Phi) is 5.23. The van der Waals surface area contributed by atoms with Crippen molar-refractivity contribution in [1.29, 1.82) is 0 Å². The van der Waals surface area contributed by atoms with Gasteiger partial charge in [0.25, 0.3) is 5.91 Å². The summed E-state index contributed by atoms with van der Waals surface area (Å²) in [6, 6.07) is 12.8. The molecule has 0 unspecified atom stereocenters. The molecule has 0 bridgehead atoms. The molecule has 0 saturated carbocycles. The second kappa shape index (κ2) is 7.55. The molecule has 1 aliphatic rings. The fourth-order valence-electron chi connectivity index (χ4n) is 2.38. The van der Waals surface area contributed by atoms with Gasteiger partial charge in [-0.05, 0) is 36.4 Å². The van der Waals surface area contributed by atoms with Gasteiger partial charge >= 0.3 is 0 Å². The van der Waals surface area contributed by atoms with E-state index in [0.717, 1.165) is 11.4 Å². The lowest BCUT2D eigenvalue weighted by Crippen LogP contribution is -2.45. The lowest BCUT2D eigenvalue weighted by atomic mass is 10.2. The topological polar surface area (TPSA) is 51.7 Å². The molecule has 1 saturated heterocycles. The van der Waals surface area contributed by atoms with Crippen molar-refractivity contribution >= 4 is 23.2 Å². The van der Waals surface area contributed by atoms with Crippen LogP contribution in [0, 0.1) is 0 Å². The fraction of sp³-hybridized carbons (Fsp3) is 0.294. The molecule has 23 heavy (non-hydrogen) atoms. The summed E-state index contributed by atoms with van der Waals surface area (Å²) >= 11 is 5.94. The summed E-state index contributed by atoms with van der Waals surface area (Å²) in [5.41, 5.74) is 1.55. The van der Waals surface area contributed by atoms with Gasteiger partial charge in [-0.1, -0.05) is 17.7 Å². The number of hydrogen-bond acceptors (Lipinski definition) is 4. The van der Waals surface area contributed by atoms with Crippen molar-refractivity contribution in [3.8, 4) is 0 Å². The van der Waals surface area contributed by atoms with E-state index in [2.05, 4.69) is 4.98 Å². The molecule has 1 aliphatic heterocycles. The first kappa shape index (κ1) is 15.9. The van der Waals surface area contributed by atoms with E-state index >= 15 is 0 Å². The first-order valence-corrected chi connectivity index (χ1v) is 7.78. The Bertz CT molecular complexity index is 643. The van der Waals surface area contributed by atoms with E-state index < -0.39 is 6.10 Å². The Hall–Kier alpha value is -1.95. The minimum atomic E-state index is -0.594. The molecule has 1 fully saturated rings. The summed E-state index contributed by atoms with van der Waals surface area (Å²) in [7, 11) is 0. The molecular weight excluding hydrogens is 316 g/mol. The van der Waals surface area contributed by atoms with Gasteiger partial charge in [0.15, 0.2) is 6.10 Å². The zero-order valence-corrected chi connectivity index (χ0v) is 13.3. The SMILES string of the molecule is O=C([C@H]1COCCO1)N(Cc1ccccn1)c1ccc(Cl)cc1. The molecule has 0 spiro atoms. The molecule has 5 nitrogen and oxygen atoms in total. The number of carbonyl (C=O) groups is 1. The number of amides is 1. The molecule has 120 valence electrons. The Labute approximate surface area is 139 Å². The highest BCUT2D eigenvalue weighted by atomic mass is 35.5. The third kappa shape index (κ3) is 4.07. The number of halogens is 1. The van der Waals surface area contributed by atoms with Crippen molar-refractivity contribution in [3.05, 3.63) is 59.4 Å². The van der Waals surface area contributed by atoms with Gasteiger partial charge in [0.05, 0.1) is 32.1 Å². The molecule has 2 aromatic rings. The van der Waals surface area contributed by atoms with Crippen molar-refractivity contribution in [2.75, 3.05) is 24.7 Å². The quantitative estimate of drug-likeness (QED) is 0.863. The van der Waals surface area contributed by atoms with Gasteiger partial charge in [-0.15, -0.1) is 0 Å². The van der Waals surface area contributed by atoms with Crippen LogP contribution in [0.4, 0.5) is 5.69 Å². The van der Waals surface area contributed by atoms with Gasteiger partial charge in [0, 0.05) is 16.9 Å². The van der Waals surface area contributed by atoms with Crippen LogP contribution >= 0.6 is 11.6 Å². The van der Waals surface area contributed by atoms with Crippen LogP contribution in [-0.2, 0) is 20.8 Å². The highest BCUT2D eigenvalue weighted by Crippen LogP contribution is 2.22. The van der Waals surface area contributed by atoms with Crippen molar-refractivity contribution in [1.82, 2.24) is 4.98 Å². The normalized spacial score (nSPS) is 17.7. The Morgan fingerprint density at radius 3 is 2.70 bits per heavy atom. The van der Waals surface area contributed by atoms with Crippen molar-refractivity contribution in [2.45, 2.75) is 12.6 Å². The van der Waals surface area contributed by atoms with E-state index in [-0.39, 0.29) is 12.5 Å². The second-order valence-corrected chi connectivity index (χ2v) is 5.59. The van der Waals surface area contributed by atoms with Crippen LogP contribution in [0.2, 0.25) is 5.02 Å². The van der Waals surface area contributed by atoms with Crippen LogP contribution in [-0.4, -0.2) is 36.8 Å². The van der Waals surface area contributed by atoms with Gasteiger partial charge < -0.3 is 14.4 Å². The predicted molar refractivity (Wildman–Crippen MR) is 87.4 cm³/mol. The van der Waals surface area contributed by atoms with Crippen LogP contribution in [0.1, 0.15) is 5.69 Å². The molecule has 0 radical (unpaired) electrons. The van der Waals surface area contributed by atoms with E-state index in [9.17, 15) is 4.79 Å². The Morgan fingerprint density at radius 2 is 2.04 bits per heavy atom. The van der Waals surface area contributed by atoms with Crippen molar-refractivity contribution in [2.24, 2.45) is 0 Å². The number of benzene rings is 1. The monoisotopic (exact) mass is 332 g/mol. The molecule has 2 heterocycles. The average Bonchev–Trinajstić information content (AvgIpc) is 2.62. The highest BCUT2D eigenvalue weighted by molar-refractivity contribution is 6.30. The Morgan fingerprint density at radius 1 is 1.22 bits per heavy atom. The molecule has 1 amide bonds. The summed E-state index contributed by atoms with van der Waals surface area (Å²) in [5, 5.41) is 0.622. The third-order valence-corrected chi connectivity index (χ3v) is 3.79. The minimum Gasteiger partial charge on any atom is -0.376 e. The second-order valence-electron chi connectivity index (χ2n) is 5.16. The van der Waals surface area contributed by atoms with Gasteiger partial charge in [-0.2, -0.15) is 0 Å². The first-order valence-electron chi connectivity index (χ1n) is 7.40. The average molecular weight is 333 g/mol. The lowest BCUT2D eigenvalue weighted by molar-refractivity contribution is -0.145. The smallest absolute Gasteiger partial charge is 0.258 e. The molecule has 1 aromatic heterocycles. The van der Waals surface area contributed by atoms with E-state index in [4.69, 9.17) is 21.1 Å². The standard InChI is InChI=1S/C17H17ClN2O3/c18-13-4-6-15(7-5-13)20(11-14-3-1-2-8-19-14)17(21)16-12-22-9-10-23-16/h1-8,16H,9-12H2/t16-/m1/s1. The van der Waals surface area contributed by atoms with Crippen LogP contribution in [0.5, 0.6) is 0 Å².